The number of amides is 1. The number of nitrogens with one attached hydrogen (secondary N) is 2. The van der Waals surface area contributed by atoms with Gasteiger partial charge in [-0.15, -0.1) is 11.3 Å². The van der Waals surface area contributed by atoms with Crippen molar-refractivity contribution in [1.82, 2.24) is 15.0 Å². The number of nitrogen functional groups attached to an aromatic ring is 1. The average molecular weight is 433 g/mol. The largest absolute Gasteiger partial charge is 0.382 e. The lowest BCUT2D eigenvalue weighted by molar-refractivity contribution is -0.113. The van der Waals surface area contributed by atoms with Crippen molar-refractivity contribution >= 4 is 50.4 Å². The molecule has 8 nitrogen and oxygen atoms in total. The number of fused-ring (bicyclic) bond motifs is 1. The van der Waals surface area contributed by atoms with Crippen molar-refractivity contribution in [1.29, 1.82) is 0 Å². The molecule has 31 heavy (non-hydrogen) atoms. The second-order valence-corrected chi connectivity index (χ2v) is 7.95. The zero-order valence-electron chi connectivity index (χ0n) is 17.1. The molecule has 6 N–H and O–H groups in total. The highest BCUT2D eigenvalue weighted by atomic mass is 32.1. The first-order valence-electron chi connectivity index (χ1n) is 9.62. The fourth-order valence-electron chi connectivity index (χ4n) is 3.33. The van der Waals surface area contributed by atoms with E-state index < -0.39 is 0 Å². The molecule has 9 heteroatoms. The number of carbonyl (C=O) groups is 1. The number of rotatable bonds is 6. The Kier molecular flexibility index (Phi) is 5.59. The summed E-state index contributed by atoms with van der Waals surface area (Å²) in [7, 11) is 0. The molecule has 0 radical (unpaired) electrons. The van der Waals surface area contributed by atoms with Gasteiger partial charge >= 0.3 is 0 Å². The van der Waals surface area contributed by atoms with Crippen molar-refractivity contribution in [3.05, 3.63) is 70.6 Å². The molecule has 0 spiro atoms. The monoisotopic (exact) mass is 432 g/mol. The predicted molar refractivity (Wildman–Crippen MR) is 124 cm³/mol. The molecule has 3 heterocycles. The molecule has 0 aliphatic heterocycles. The van der Waals surface area contributed by atoms with Gasteiger partial charge in [0, 0.05) is 18.0 Å². The van der Waals surface area contributed by atoms with E-state index in [1.54, 1.807) is 12.3 Å². The molecule has 0 aliphatic carbocycles. The lowest BCUT2D eigenvalue weighted by Gasteiger charge is -2.14. The van der Waals surface area contributed by atoms with E-state index in [2.05, 4.69) is 25.6 Å². The van der Waals surface area contributed by atoms with Gasteiger partial charge in [-0.2, -0.15) is 0 Å². The molecule has 0 atom stereocenters. The number of benzene rings is 1. The number of nitrogens with zero attached hydrogens (tertiary/aromatic N) is 3. The van der Waals surface area contributed by atoms with E-state index in [1.165, 1.54) is 17.7 Å². The molecule has 1 amide bonds. The van der Waals surface area contributed by atoms with Crippen LogP contribution in [0.25, 0.3) is 10.2 Å². The SMILES string of the molecule is CC(=[NH2+])c1c(NCc2cccc(C)n2)cccc1NC(=O)c1csc2c(N)ncnc12. The van der Waals surface area contributed by atoms with Gasteiger partial charge in [0.05, 0.1) is 45.0 Å². The molecule has 3 aromatic heterocycles. The molecule has 0 saturated heterocycles. The molecule has 0 aliphatic rings. The summed E-state index contributed by atoms with van der Waals surface area (Å²) in [5, 5.41) is 14.3. The van der Waals surface area contributed by atoms with Gasteiger partial charge < -0.3 is 16.4 Å². The van der Waals surface area contributed by atoms with E-state index in [-0.39, 0.29) is 5.91 Å². The van der Waals surface area contributed by atoms with E-state index in [4.69, 9.17) is 11.1 Å². The summed E-state index contributed by atoms with van der Waals surface area (Å²) in [6, 6.07) is 11.5. The van der Waals surface area contributed by atoms with Crippen LogP contribution in [-0.4, -0.2) is 26.6 Å². The van der Waals surface area contributed by atoms with Crippen LogP contribution >= 0.6 is 11.3 Å². The second kappa shape index (κ2) is 8.49. The molecule has 156 valence electrons. The van der Waals surface area contributed by atoms with Crippen LogP contribution < -0.4 is 21.8 Å². The Hall–Kier alpha value is -3.85. The normalized spacial score (nSPS) is 10.8. The van der Waals surface area contributed by atoms with Crippen molar-refractivity contribution in [3.63, 3.8) is 0 Å². The summed E-state index contributed by atoms with van der Waals surface area (Å²) < 4.78 is 0.690. The fraction of sp³-hybridized carbons (Fsp3) is 0.136. The van der Waals surface area contributed by atoms with Gasteiger partial charge in [0.15, 0.2) is 5.71 Å². The molecule has 4 rings (SSSR count). The highest BCUT2D eigenvalue weighted by Crippen LogP contribution is 2.30. The Labute approximate surface area is 183 Å². The number of anilines is 3. The molecule has 0 bridgehead atoms. The first-order chi connectivity index (χ1) is 14.9. The Morgan fingerprint density at radius 2 is 1.94 bits per heavy atom. The lowest BCUT2D eigenvalue weighted by Crippen LogP contribution is -2.39. The summed E-state index contributed by atoms with van der Waals surface area (Å²) in [4.78, 5) is 25.7. The Morgan fingerprint density at radius 1 is 1.16 bits per heavy atom. The number of pyridine rings is 1. The summed E-state index contributed by atoms with van der Waals surface area (Å²) in [5.41, 5.74) is 11.5. The fourth-order valence-corrected chi connectivity index (χ4v) is 4.23. The van der Waals surface area contributed by atoms with E-state index in [0.717, 1.165) is 22.6 Å². The lowest BCUT2D eigenvalue weighted by atomic mass is 10.1. The number of thiophene rings is 1. The summed E-state index contributed by atoms with van der Waals surface area (Å²) >= 11 is 1.34. The van der Waals surface area contributed by atoms with Crippen molar-refractivity contribution in [2.45, 2.75) is 20.4 Å². The first kappa shape index (κ1) is 20.4. The van der Waals surface area contributed by atoms with Crippen LogP contribution in [0.15, 0.2) is 48.1 Å². The Balaban J connectivity index is 1.62. The molecule has 0 fully saturated rings. The van der Waals surface area contributed by atoms with Crippen LogP contribution in [0.1, 0.15) is 34.2 Å². The summed E-state index contributed by atoms with van der Waals surface area (Å²) in [6.45, 7) is 4.29. The van der Waals surface area contributed by atoms with Crippen LogP contribution in [0, 0.1) is 6.92 Å². The van der Waals surface area contributed by atoms with E-state index in [1.807, 2.05) is 43.3 Å². The van der Waals surface area contributed by atoms with Crippen molar-refractivity contribution in [2.24, 2.45) is 0 Å². The minimum Gasteiger partial charge on any atom is -0.382 e. The van der Waals surface area contributed by atoms with Crippen LogP contribution in [0.5, 0.6) is 0 Å². The van der Waals surface area contributed by atoms with Crippen molar-refractivity contribution < 1.29 is 10.2 Å². The highest BCUT2D eigenvalue weighted by molar-refractivity contribution is 7.18. The number of hydrogen-bond acceptors (Lipinski definition) is 7. The zero-order chi connectivity index (χ0) is 22.0. The minimum atomic E-state index is -0.288. The molecule has 0 unspecified atom stereocenters. The molecule has 0 saturated carbocycles. The number of hydrogen-bond donors (Lipinski definition) is 4. The third kappa shape index (κ3) is 4.22. The highest BCUT2D eigenvalue weighted by Gasteiger charge is 2.20. The van der Waals surface area contributed by atoms with Gasteiger partial charge in [-0.25, -0.2) is 9.97 Å². The number of nitrogens with two attached hydrogens (primary N) is 2. The first-order valence-corrected chi connectivity index (χ1v) is 10.5. The molecular formula is C22H22N7OS+. The zero-order valence-corrected chi connectivity index (χ0v) is 18.0. The van der Waals surface area contributed by atoms with Crippen LogP contribution in [-0.2, 0) is 6.54 Å². The topological polar surface area (TPSA) is 131 Å². The standard InChI is InChI=1S/C22H21N7OS/c1-12-5-3-6-14(28-12)9-25-16-7-4-8-17(18(16)13(2)23)29-22(30)15-10-31-20-19(15)26-11-27-21(20)24/h3-8,10-11,23,25H,9H2,1-2H3,(H,29,30)(H2,24,26,27)/p+1. The quantitative estimate of drug-likeness (QED) is 0.346. The molecule has 4 aromatic rings. The van der Waals surface area contributed by atoms with Crippen LogP contribution in [0.3, 0.4) is 0 Å². The summed E-state index contributed by atoms with van der Waals surface area (Å²) in [6.07, 6.45) is 1.36. The van der Waals surface area contributed by atoms with Gasteiger partial charge in [-0.1, -0.05) is 12.1 Å². The van der Waals surface area contributed by atoms with Gasteiger partial charge in [0.2, 0.25) is 0 Å². The molecule has 1 aromatic carbocycles. The van der Waals surface area contributed by atoms with Gasteiger partial charge in [-0.05, 0) is 31.2 Å². The maximum absolute atomic E-state index is 13.0. The van der Waals surface area contributed by atoms with E-state index in [0.29, 0.717) is 39.5 Å². The van der Waals surface area contributed by atoms with Crippen LogP contribution in [0.4, 0.5) is 17.2 Å². The van der Waals surface area contributed by atoms with E-state index >= 15 is 0 Å². The van der Waals surface area contributed by atoms with Crippen LogP contribution in [0.2, 0.25) is 0 Å². The number of aromatic nitrogens is 3. The second-order valence-electron chi connectivity index (χ2n) is 7.08. The number of carbonyl (C=O) groups excluding carboxylic acids is 1. The maximum atomic E-state index is 13.0. The maximum Gasteiger partial charge on any atom is 0.258 e. The van der Waals surface area contributed by atoms with E-state index in [9.17, 15) is 4.79 Å². The third-order valence-corrected chi connectivity index (χ3v) is 5.73. The Morgan fingerprint density at radius 3 is 2.71 bits per heavy atom. The Bertz CT molecular complexity index is 1300. The third-order valence-electron chi connectivity index (χ3n) is 4.74. The van der Waals surface area contributed by atoms with Gasteiger partial charge in [0.25, 0.3) is 5.91 Å². The van der Waals surface area contributed by atoms with Gasteiger partial charge in [-0.3, -0.25) is 15.2 Å². The van der Waals surface area contributed by atoms with Gasteiger partial charge in [0.1, 0.15) is 12.1 Å². The van der Waals surface area contributed by atoms with Crippen molar-refractivity contribution in [3.8, 4) is 0 Å². The van der Waals surface area contributed by atoms with Crippen molar-refractivity contribution in [2.75, 3.05) is 16.4 Å². The molecular weight excluding hydrogens is 410 g/mol. The number of aryl methyl sites for hydroxylation is 1. The predicted octanol–water partition coefficient (Wildman–Crippen LogP) is 2.41. The summed E-state index contributed by atoms with van der Waals surface area (Å²) in [5.74, 6) is 0.0705. The average Bonchev–Trinajstić information content (AvgIpc) is 3.18. The minimum absolute atomic E-state index is 0.288. The smallest absolute Gasteiger partial charge is 0.258 e.